The highest BCUT2D eigenvalue weighted by Gasteiger charge is 2.12. The van der Waals surface area contributed by atoms with Crippen LogP contribution in [-0.4, -0.2) is 32.9 Å². The van der Waals surface area contributed by atoms with Gasteiger partial charge < -0.3 is 5.11 Å². The number of carboxylic acid groups (broad SMARTS) is 1. The molecule has 0 fully saturated rings. The van der Waals surface area contributed by atoms with Crippen LogP contribution in [0.25, 0.3) is 0 Å². The van der Waals surface area contributed by atoms with Gasteiger partial charge in [0.25, 0.3) is 5.91 Å². The van der Waals surface area contributed by atoms with Gasteiger partial charge in [-0.2, -0.15) is 0 Å². The second kappa shape index (κ2) is 6.63. The smallest absolute Gasteiger partial charge is 0.313 e. The third kappa shape index (κ3) is 4.40. The van der Waals surface area contributed by atoms with Crippen LogP contribution in [-0.2, 0) is 4.79 Å². The normalized spacial score (nSPS) is 10.4. The number of halogens is 1. The molecule has 2 aromatic heterocycles. The molecule has 0 aliphatic heterocycles. The van der Waals surface area contributed by atoms with Crippen LogP contribution in [0.2, 0.25) is 0 Å². The van der Waals surface area contributed by atoms with Crippen LogP contribution in [0.1, 0.15) is 10.4 Å². The van der Waals surface area contributed by atoms with E-state index in [1.807, 2.05) is 0 Å². The highest BCUT2D eigenvalue weighted by atomic mass is 127. The van der Waals surface area contributed by atoms with Crippen LogP contribution >= 0.6 is 57.0 Å². The first-order valence-corrected chi connectivity index (χ1v) is 8.54. The predicted octanol–water partition coefficient (Wildman–Crippen LogP) is 2.63. The molecule has 0 saturated heterocycles. The van der Waals surface area contributed by atoms with E-state index in [1.165, 1.54) is 11.3 Å². The molecular formula is C9H6IN3O3S3. The zero-order valence-corrected chi connectivity index (χ0v) is 13.7. The maximum absolute atomic E-state index is 11.8. The van der Waals surface area contributed by atoms with Crippen molar-refractivity contribution in [2.75, 3.05) is 11.1 Å². The summed E-state index contributed by atoms with van der Waals surface area (Å²) in [7, 11) is 0. The second-order valence-electron chi connectivity index (χ2n) is 3.15. The molecule has 0 atom stereocenters. The summed E-state index contributed by atoms with van der Waals surface area (Å²) >= 11 is 5.85. The molecule has 100 valence electrons. The molecule has 0 aliphatic carbocycles. The number of thioether (sulfide) groups is 1. The number of hydrogen-bond acceptors (Lipinski definition) is 7. The first-order valence-electron chi connectivity index (χ1n) is 4.78. The Bertz CT molecular complexity index is 613. The molecule has 2 N–H and O–H groups in total. The van der Waals surface area contributed by atoms with Gasteiger partial charge in [-0.3, -0.25) is 14.9 Å². The average molecular weight is 427 g/mol. The number of thiophene rings is 1. The molecule has 19 heavy (non-hydrogen) atoms. The Morgan fingerprint density at radius 1 is 1.47 bits per heavy atom. The fraction of sp³-hybridized carbons (Fsp3) is 0.111. The van der Waals surface area contributed by atoms with Crippen LogP contribution in [0.15, 0.2) is 15.8 Å². The Balaban J connectivity index is 1.96. The Morgan fingerprint density at radius 2 is 2.26 bits per heavy atom. The molecule has 2 rings (SSSR count). The van der Waals surface area contributed by atoms with Gasteiger partial charge in [-0.1, -0.05) is 23.1 Å². The number of carboxylic acids is 1. The molecule has 0 saturated carbocycles. The molecule has 0 aliphatic rings. The minimum Gasteiger partial charge on any atom is -0.481 e. The number of anilines is 1. The summed E-state index contributed by atoms with van der Waals surface area (Å²) in [5.74, 6) is -1.24. The van der Waals surface area contributed by atoms with Gasteiger partial charge in [-0.25, -0.2) is 0 Å². The Labute approximate surface area is 133 Å². The summed E-state index contributed by atoms with van der Waals surface area (Å²) < 4.78 is 1.54. The van der Waals surface area contributed by atoms with Crippen molar-refractivity contribution in [3.05, 3.63) is 19.9 Å². The molecule has 0 bridgehead atoms. The number of carbonyl (C=O) groups excluding carboxylic acids is 1. The van der Waals surface area contributed by atoms with Crippen LogP contribution in [0.4, 0.5) is 5.13 Å². The van der Waals surface area contributed by atoms with Gasteiger partial charge in [-0.05, 0) is 28.7 Å². The highest BCUT2D eigenvalue weighted by molar-refractivity contribution is 14.1. The van der Waals surface area contributed by atoms with Gasteiger partial charge in [0.1, 0.15) is 0 Å². The van der Waals surface area contributed by atoms with Gasteiger partial charge >= 0.3 is 5.97 Å². The number of amides is 1. The number of nitrogens with one attached hydrogen (secondary N) is 1. The average Bonchev–Trinajstić information content (AvgIpc) is 2.95. The van der Waals surface area contributed by atoms with E-state index in [0.717, 1.165) is 26.0 Å². The summed E-state index contributed by atoms with van der Waals surface area (Å²) in [6, 6.07) is 1.78. The highest BCUT2D eigenvalue weighted by Crippen LogP contribution is 2.26. The summed E-state index contributed by atoms with van der Waals surface area (Å²) in [4.78, 5) is 22.2. The summed E-state index contributed by atoms with van der Waals surface area (Å²) in [5.41, 5.74) is 0.573. The number of hydrogen-bond donors (Lipinski definition) is 2. The lowest BCUT2D eigenvalue weighted by Crippen LogP contribution is -2.10. The lowest BCUT2D eigenvalue weighted by Gasteiger charge is -1.96. The largest absolute Gasteiger partial charge is 0.481 e. The fourth-order valence-electron chi connectivity index (χ4n) is 1.04. The van der Waals surface area contributed by atoms with Gasteiger partial charge in [0.2, 0.25) is 5.13 Å². The number of carbonyl (C=O) groups is 2. The minimum atomic E-state index is -0.918. The summed E-state index contributed by atoms with van der Waals surface area (Å²) in [5, 5.41) is 20.9. The quantitative estimate of drug-likeness (QED) is 0.433. The Morgan fingerprint density at radius 3 is 2.89 bits per heavy atom. The fourth-order valence-corrected chi connectivity index (χ4v) is 3.83. The molecule has 0 radical (unpaired) electrons. The van der Waals surface area contributed by atoms with E-state index < -0.39 is 5.97 Å². The third-order valence-electron chi connectivity index (χ3n) is 1.78. The minimum absolute atomic E-state index is 0.0781. The number of nitrogens with zero attached hydrogens (tertiary/aromatic N) is 2. The van der Waals surface area contributed by atoms with Gasteiger partial charge in [-0.15, -0.1) is 21.5 Å². The Kier molecular flexibility index (Phi) is 5.13. The maximum atomic E-state index is 11.8. The van der Waals surface area contributed by atoms with Gasteiger partial charge in [0.15, 0.2) is 4.34 Å². The second-order valence-corrected chi connectivity index (χ2v) is 8.15. The van der Waals surface area contributed by atoms with Crippen molar-refractivity contribution in [1.82, 2.24) is 10.2 Å². The summed E-state index contributed by atoms with van der Waals surface area (Å²) in [6.45, 7) is 0. The molecule has 10 heteroatoms. The first kappa shape index (κ1) is 14.7. The number of rotatable bonds is 5. The lowest BCUT2D eigenvalue weighted by atomic mass is 10.3. The lowest BCUT2D eigenvalue weighted by molar-refractivity contribution is -0.133. The van der Waals surface area contributed by atoms with Crippen LogP contribution in [0.5, 0.6) is 0 Å². The SMILES string of the molecule is O=C(O)CSc1nnc(NC(=O)c2csc(I)c2)s1. The first-order chi connectivity index (χ1) is 9.04. The van der Waals surface area contributed by atoms with Crippen molar-refractivity contribution in [3.8, 4) is 0 Å². The van der Waals surface area contributed by atoms with E-state index >= 15 is 0 Å². The van der Waals surface area contributed by atoms with Gasteiger partial charge in [0.05, 0.1) is 14.2 Å². The Hall–Kier alpha value is -0.720. The topological polar surface area (TPSA) is 92.2 Å². The molecule has 0 spiro atoms. The van der Waals surface area contributed by atoms with Crippen LogP contribution < -0.4 is 5.32 Å². The molecule has 0 unspecified atom stereocenters. The van der Waals surface area contributed by atoms with E-state index in [2.05, 4.69) is 38.1 Å². The molecule has 0 aromatic carbocycles. The molecule has 2 heterocycles. The van der Waals surface area contributed by atoms with Crippen molar-refractivity contribution in [2.45, 2.75) is 4.34 Å². The van der Waals surface area contributed by atoms with Crippen molar-refractivity contribution < 1.29 is 14.7 Å². The van der Waals surface area contributed by atoms with E-state index in [4.69, 9.17) is 5.11 Å². The molecule has 2 aromatic rings. The van der Waals surface area contributed by atoms with Crippen molar-refractivity contribution in [1.29, 1.82) is 0 Å². The van der Waals surface area contributed by atoms with Crippen molar-refractivity contribution in [3.63, 3.8) is 0 Å². The van der Waals surface area contributed by atoms with E-state index in [9.17, 15) is 9.59 Å². The van der Waals surface area contributed by atoms with E-state index in [-0.39, 0.29) is 11.7 Å². The standard InChI is InChI=1S/C9H6IN3O3S3/c10-5-1-4(2-17-5)7(16)11-8-12-13-9(19-8)18-3-6(14)15/h1-2H,3H2,(H,14,15)(H,11,12,16). The maximum Gasteiger partial charge on any atom is 0.313 e. The number of aromatic nitrogens is 2. The zero-order valence-electron chi connectivity index (χ0n) is 9.12. The van der Waals surface area contributed by atoms with E-state index in [1.54, 1.807) is 11.4 Å². The zero-order chi connectivity index (χ0) is 13.8. The van der Waals surface area contributed by atoms with Crippen molar-refractivity contribution in [2.24, 2.45) is 0 Å². The monoisotopic (exact) mass is 427 g/mol. The predicted molar refractivity (Wildman–Crippen MR) is 83.3 cm³/mol. The van der Waals surface area contributed by atoms with E-state index in [0.29, 0.717) is 15.0 Å². The van der Waals surface area contributed by atoms with Crippen LogP contribution in [0, 0.1) is 2.88 Å². The molecule has 1 amide bonds. The molecular weight excluding hydrogens is 421 g/mol. The van der Waals surface area contributed by atoms with Gasteiger partial charge in [0, 0.05) is 5.38 Å². The van der Waals surface area contributed by atoms with Crippen LogP contribution in [0.3, 0.4) is 0 Å². The summed E-state index contributed by atoms with van der Waals surface area (Å²) in [6.07, 6.45) is 0. The molecule has 6 nitrogen and oxygen atoms in total. The number of aliphatic carboxylic acids is 1. The van der Waals surface area contributed by atoms with Crippen molar-refractivity contribution >= 4 is 74.0 Å². The third-order valence-corrected chi connectivity index (χ3v) is 5.52.